The van der Waals surface area contributed by atoms with E-state index in [1.807, 2.05) is 22.8 Å². The molecule has 0 spiro atoms. The Morgan fingerprint density at radius 2 is 1.68 bits per heavy atom. The number of halogens is 2. The van der Waals surface area contributed by atoms with Crippen LogP contribution in [0.5, 0.6) is 5.75 Å². The van der Waals surface area contributed by atoms with E-state index in [0.29, 0.717) is 23.3 Å². The van der Waals surface area contributed by atoms with Crippen molar-refractivity contribution in [1.82, 2.24) is 14.3 Å². The van der Waals surface area contributed by atoms with Crippen LogP contribution in [0.3, 0.4) is 0 Å². The minimum atomic E-state index is -3.34. The molecule has 0 aliphatic heterocycles. The van der Waals surface area contributed by atoms with Gasteiger partial charge in [-0.15, -0.1) is 0 Å². The molecule has 206 valence electrons. The SMILES string of the molecule is COn1cc(-c2ccc3nc(Cc4ccc(S(C)(=O)=O)cc4)n(Cc4ccccc4OC(F)F)c3c2)ccc1=O. The number of imidazole rings is 1. The summed E-state index contributed by atoms with van der Waals surface area (Å²) in [6.45, 7) is -2.78. The van der Waals surface area contributed by atoms with Crippen LogP contribution in [0.4, 0.5) is 8.78 Å². The largest absolute Gasteiger partial charge is 0.434 e. The van der Waals surface area contributed by atoms with E-state index < -0.39 is 16.4 Å². The predicted molar refractivity (Wildman–Crippen MR) is 146 cm³/mol. The van der Waals surface area contributed by atoms with Crippen molar-refractivity contribution in [2.75, 3.05) is 13.4 Å². The van der Waals surface area contributed by atoms with Gasteiger partial charge < -0.3 is 14.1 Å². The van der Waals surface area contributed by atoms with Crippen molar-refractivity contribution < 1.29 is 26.8 Å². The van der Waals surface area contributed by atoms with E-state index in [-0.39, 0.29) is 22.7 Å². The number of pyridine rings is 1. The van der Waals surface area contributed by atoms with Crippen LogP contribution in [0.2, 0.25) is 0 Å². The molecule has 8 nitrogen and oxygen atoms in total. The number of aromatic nitrogens is 3. The molecule has 0 bridgehead atoms. The molecule has 0 radical (unpaired) electrons. The molecule has 0 atom stereocenters. The minimum Gasteiger partial charge on any atom is -0.434 e. The zero-order chi connectivity index (χ0) is 28.4. The smallest absolute Gasteiger partial charge is 0.387 e. The summed E-state index contributed by atoms with van der Waals surface area (Å²) in [7, 11) is -1.94. The fourth-order valence-corrected chi connectivity index (χ4v) is 5.13. The van der Waals surface area contributed by atoms with E-state index in [1.165, 1.54) is 19.2 Å². The Morgan fingerprint density at radius 1 is 0.950 bits per heavy atom. The van der Waals surface area contributed by atoms with Gasteiger partial charge in [-0.2, -0.15) is 13.5 Å². The van der Waals surface area contributed by atoms with Gasteiger partial charge in [0.25, 0.3) is 5.56 Å². The number of benzene rings is 3. The molecule has 0 N–H and O–H groups in total. The highest BCUT2D eigenvalue weighted by Gasteiger charge is 2.17. The monoisotopic (exact) mass is 565 g/mol. The van der Waals surface area contributed by atoms with Crippen LogP contribution in [0.25, 0.3) is 22.2 Å². The number of nitrogens with zero attached hydrogens (tertiary/aromatic N) is 3. The standard InChI is InChI=1S/C29H25F2N3O5S/c1-38-34-18-21(10-14-28(34)35)20-9-13-24-25(16-20)33(17-22-5-3-4-6-26(22)39-29(30)31)27(32-24)15-19-7-11-23(12-8-19)40(2,36)37/h3-14,16,18,29H,15,17H2,1-2H3. The molecule has 0 fully saturated rings. The maximum atomic E-state index is 13.1. The molecule has 11 heteroatoms. The second kappa shape index (κ2) is 10.9. The van der Waals surface area contributed by atoms with Gasteiger partial charge >= 0.3 is 6.61 Å². The molecule has 3 aromatic carbocycles. The summed E-state index contributed by atoms with van der Waals surface area (Å²) in [4.78, 5) is 22.1. The Hall–Kier alpha value is -4.51. The van der Waals surface area contributed by atoms with Gasteiger partial charge in [-0.3, -0.25) is 4.79 Å². The Kier molecular flexibility index (Phi) is 7.40. The normalized spacial score (nSPS) is 11.7. The molecule has 40 heavy (non-hydrogen) atoms. The van der Waals surface area contributed by atoms with Crippen LogP contribution < -0.4 is 15.1 Å². The first-order valence-corrected chi connectivity index (χ1v) is 14.1. The summed E-state index contributed by atoms with van der Waals surface area (Å²) in [5.41, 5.74) is 4.00. The van der Waals surface area contributed by atoms with Crippen LogP contribution in [0, 0.1) is 0 Å². The summed E-state index contributed by atoms with van der Waals surface area (Å²) in [6.07, 6.45) is 3.09. The molecule has 0 aliphatic carbocycles. The highest BCUT2D eigenvalue weighted by atomic mass is 32.2. The van der Waals surface area contributed by atoms with Crippen molar-refractivity contribution in [3.8, 4) is 16.9 Å². The molecule has 0 unspecified atom stereocenters. The summed E-state index contributed by atoms with van der Waals surface area (Å²) >= 11 is 0. The summed E-state index contributed by atoms with van der Waals surface area (Å²) < 4.78 is 57.8. The fourth-order valence-electron chi connectivity index (χ4n) is 4.50. The molecular formula is C29H25F2N3O5S. The molecule has 0 saturated carbocycles. The topological polar surface area (TPSA) is 92.4 Å². The lowest BCUT2D eigenvalue weighted by Crippen LogP contribution is -2.23. The number of para-hydroxylation sites is 1. The second-order valence-electron chi connectivity index (χ2n) is 9.16. The van der Waals surface area contributed by atoms with Crippen LogP contribution in [0.1, 0.15) is 17.0 Å². The van der Waals surface area contributed by atoms with Crippen LogP contribution in [-0.4, -0.2) is 42.7 Å². The maximum Gasteiger partial charge on any atom is 0.387 e. The van der Waals surface area contributed by atoms with Gasteiger partial charge in [0.05, 0.1) is 28.7 Å². The molecule has 2 heterocycles. The predicted octanol–water partition coefficient (Wildman–Crippen LogP) is 4.57. The minimum absolute atomic E-state index is 0.0612. The van der Waals surface area contributed by atoms with E-state index >= 15 is 0 Å². The lowest BCUT2D eigenvalue weighted by molar-refractivity contribution is -0.0504. The molecule has 2 aromatic heterocycles. The van der Waals surface area contributed by atoms with E-state index in [4.69, 9.17) is 14.6 Å². The first-order chi connectivity index (χ1) is 19.1. The zero-order valence-corrected chi connectivity index (χ0v) is 22.4. The van der Waals surface area contributed by atoms with Crippen molar-refractivity contribution >= 4 is 20.9 Å². The molecule has 0 amide bonds. The quantitative estimate of drug-likeness (QED) is 0.260. The number of ether oxygens (including phenoxy) is 1. The Bertz CT molecular complexity index is 1850. The van der Waals surface area contributed by atoms with E-state index in [1.54, 1.807) is 54.7 Å². The highest BCUT2D eigenvalue weighted by Crippen LogP contribution is 2.29. The zero-order valence-electron chi connectivity index (χ0n) is 21.6. The van der Waals surface area contributed by atoms with E-state index in [0.717, 1.165) is 33.2 Å². The van der Waals surface area contributed by atoms with Gasteiger partial charge in [-0.25, -0.2) is 13.4 Å². The van der Waals surface area contributed by atoms with Crippen LogP contribution >= 0.6 is 0 Å². The number of sulfone groups is 1. The van der Waals surface area contributed by atoms with Gasteiger partial charge in [0.1, 0.15) is 18.7 Å². The molecular weight excluding hydrogens is 540 g/mol. The number of hydrogen-bond donors (Lipinski definition) is 0. The van der Waals surface area contributed by atoms with Gasteiger partial charge in [-0.1, -0.05) is 36.4 Å². The molecule has 5 rings (SSSR count). The molecule has 0 saturated heterocycles. The maximum absolute atomic E-state index is 13.1. The van der Waals surface area contributed by atoms with Gasteiger partial charge in [0, 0.05) is 29.9 Å². The fraction of sp³-hybridized carbons (Fsp3) is 0.172. The van der Waals surface area contributed by atoms with Gasteiger partial charge in [-0.05, 0) is 47.5 Å². The first kappa shape index (κ1) is 27.1. The van der Waals surface area contributed by atoms with E-state index in [2.05, 4.69) is 0 Å². The second-order valence-corrected chi connectivity index (χ2v) is 11.2. The molecule has 5 aromatic rings. The summed E-state index contributed by atoms with van der Waals surface area (Å²) in [5, 5.41) is 0. The van der Waals surface area contributed by atoms with E-state index in [9.17, 15) is 22.0 Å². The van der Waals surface area contributed by atoms with Crippen LogP contribution in [0.15, 0.2) is 94.7 Å². The lowest BCUT2D eigenvalue weighted by Gasteiger charge is -2.14. The van der Waals surface area contributed by atoms with Gasteiger partial charge in [0.15, 0.2) is 9.84 Å². The third kappa shape index (κ3) is 5.74. The third-order valence-corrected chi connectivity index (χ3v) is 7.60. The Balaban J connectivity index is 1.62. The number of fused-ring (bicyclic) bond motifs is 1. The Labute approximate surface area is 228 Å². The first-order valence-electron chi connectivity index (χ1n) is 12.2. The van der Waals surface area contributed by atoms with Crippen molar-refractivity contribution in [2.24, 2.45) is 0 Å². The molecule has 0 aliphatic rings. The summed E-state index contributed by atoms with van der Waals surface area (Å²) in [6, 6.07) is 21.9. The lowest BCUT2D eigenvalue weighted by atomic mass is 10.1. The van der Waals surface area contributed by atoms with Gasteiger partial charge in [0.2, 0.25) is 0 Å². The average Bonchev–Trinajstić information content (AvgIpc) is 3.25. The number of alkyl halides is 2. The summed E-state index contributed by atoms with van der Waals surface area (Å²) in [5.74, 6) is 0.707. The number of rotatable bonds is 9. The number of hydrogen-bond acceptors (Lipinski definition) is 6. The van der Waals surface area contributed by atoms with Crippen LogP contribution in [-0.2, 0) is 22.8 Å². The van der Waals surface area contributed by atoms with Crippen molar-refractivity contribution in [3.05, 3.63) is 112 Å². The average molecular weight is 566 g/mol. The van der Waals surface area contributed by atoms with Crippen molar-refractivity contribution in [1.29, 1.82) is 0 Å². The Morgan fingerprint density at radius 3 is 2.38 bits per heavy atom. The third-order valence-electron chi connectivity index (χ3n) is 6.47. The highest BCUT2D eigenvalue weighted by molar-refractivity contribution is 7.90. The van der Waals surface area contributed by atoms with Crippen molar-refractivity contribution in [3.63, 3.8) is 0 Å². The van der Waals surface area contributed by atoms with Crippen molar-refractivity contribution in [2.45, 2.75) is 24.5 Å².